The monoisotopic (exact) mass is 468 g/mol. The Labute approximate surface area is 193 Å². The van der Waals surface area contributed by atoms with Crippen LogP contribution in [0.25, 0.3) is 11.0 Å². The van der Waals surface area contributed by atoms with E-state index in [2.05, 4.69) is 20.5 Å². The molecule has 7 nitrogen and oxygen atoms in total. The first-order chi connectivity index (χ1) is 16.2. The van der Waals surface area contributed by atoms with Crippen molar-refractivity contribution < 1.29 is 18.0 Å². The van der Waals surface area contributed by atoms with Gasteiger partial charge in [-0.3, -0.25) is 9.48 Å². The van der Waals surface area contributed by atoms with Crippen LogP contribution in [0.2, 0.25) is 0 Å². The van der Waals surface area contributed by atoms with Gasteiger partial charge in [0.25, 0.3) is 0 Å². The fraction of sp³-hybridized carbons (Fsp3) is 0.333. The molecule has 0 unspecified atom stereocenters. The molecule has 10 heteroatoms. The molecule has 0 bridgehead atoms. The van der Waals surface area contributed by atoms with Gasteiger partial charge in [-0.05, 0) is 38.3 Å². The smallest absolute Gasteiger partial charge is 0.322 e. The number of carbonyl (C=O) groups excluding carboxylic acids is 1. The topological polar surface area (TPSA) is 77.6 Å². The number of aryl methyl sites for hydroxylation is 2. The first kappa shape index (κ1) is 22.1. The van der Waals surface area contributed by atoms with E-state index in [0.717, 1.165) is 24.5 Å². The van der Waals surface area contributed by atoms with Gasteiger partial charge in [0.05, 0.1) is 35.1 Å². The Balaban J connectivity index is 1.35. The van der Waals surface area contributed by atoms with Crippen molar-refractivity contribution in [2.75, 3.05) is 5.32 Å². The van der Waals surface area contributed by atoms with Gasteiger partial charge >= 0.3 is 6.18 Å². The second kappa shape index (κ2) is 8.27. The number of rotatable bonds is 6. The fourth-order valence-corrected chi connectivity index (χ4v) is 4.03. The predicted molar refractivity (Wildman–Crippen MR) is 120 cm³/mol. The number of aromatic nitrogens is 5. The predicted octanol–water partition coefficient (Wildman–Crippen LogP) is 4.83. The highest BCUT2D eigenvalue weighted by Crippen LogP contribution is 2.43. The summed E-state index contributed by atoms with van der Waals surface area (Å²) in [4.78, 5) is 17.1. The largest absolute Gasteiger partial charge is 0.417 e. The highest BCUT2D eigenvalue weighted by molar-refractivity contribution is 5.91. The molecule has 3 heterocycles. The third kappa shape index (κ3) is 4.52. The highest BCUT2D eigenvalue weighted by atomic mass is 19.4. The Kier molecular flexibility index (Phi) is 5.38. The van der Waals surface area contributed by atoms with Crippen molar-refractivity contribution in [3.05, 3.63) is 70.8 Å². The molecule has 5 rings (SSSR count). The standard InChI is InChI=1S/C24H23F3N6O/c1-14-3-5-16(6-4-14)11-32-12-18(10-28-32)29-21(34)13-33-23-22(15(2)31-33)19(24(25,26)27)9-20(30-23)17-7-8-17/h3-6,9-10,12,17H,7-8,11,13H2,1-2H3,(H,29,34). The molecule has 1 aromatic carbocycles. The number of anilines is 1. The van der Waals surface area contributed by atoms with Crippen LogP contribution >= 0.6 is 0 Å². The van der Waals surface area contributed by atoms with Gasteiger partial charge in [0.15, 0.2) is 5.65 Å². The van der Waals surface area contributed by atoms with E-state index in [1.165, 1.54) is 23.4 Å². The highest BCUT2D eigenvalue weighted by Gasteiger charge is 2.37. The van der Waals surface area contributed by atoms with Crippen molar-refractivity contribution >= 4 is 22.6 Å². The number of carbonyl (C=O) groups is 1. The summed E-state index contributed by atoms with van der Waals surface area (Å²) in [6, 6.07) is 9.19. The van der Waals surface area contributed by atoms with Gasteiger partial charge in [0.1, 0.15) is 6.54 Å². The van der Waals surface area contributed by atoms with E-state index in [9.17, 15) is 18.0 Å². The summed E-state index contributed by atoms with van der Waals surface area (Å²) in [7, 11) is 0. The third-order valence-electron chi connectivity index (χ3n) is 5.87. The lowest BCUT2D eigenvalue weighted by atomic mass is 10.1. The zero-order chi connectivity index (χ0) is 24.0. The molecule has 176 valence electrons. The molecule has 0 radical (unpaired) electrons. The Hall–Kier alpha value is -3.69. The van der Waals surface area contributed by atoms with Gasteiger partial charge in [-0.15, -0.1) is 0 Å². The molecule has 0 atom stereocenters. The van der Waals surface area contributed by atoms with E-state index < -0.39 is 17.6 Å². The van der Waals surface area contributed by atoms with Crippen molar-refractivity contribution in [3.63, 3.8) is 0 Å². The van der Waals surface area contributed by atoms with Gasteiger partial charge in [0, 0.05) is 17.8 Å². The third-order valence-corrected chi connectivity index (χ3v) is 5.87. The van der Waals surface area contributed by atoms with Crippen LogP contribution in [0.1, 0.15) is 46.8 Å². The summed E-state index contributed by atoms with van der Waals surface area (Å²) in [6.07, 6.45) is 0.336. The normalized spacial score (nSPS) is 14.0. The number of fused-ring (bicyclic) bond motifs is 1. The number of nitrogens with one attached hydrogen (secondary N) is 1. The molecular formula is C24H23F3N6O. The number of pyridine rings is 1. The lowest BCUT2D eigenvalue weighted by molar-refractivity contribution is -0.136. The number of hydrogen-bond acceptors (Lipinski definition) is 4. The Bertz CT molecular complexity index is 1370. The molecular weight excluding hydrogens is 445 g/mol. The van der Waals surface area contributed by atoms with Gasteiger partial charge in [0.2, 0.25) is 5.91 Å². The Morgan fingerprint density at radius 2 is 1.91 bits per heavy atom. The summed E-state index contributed by atoms with van der Waals surface area (Å²) in [6.45, 7) is 3.81. The Morgan fingerprint density at radius 1 is 1.18 bits per heavy atom. The number of amides is 1. The molecule has 1 amide bonds. The average molecular weight is 468 g/mol. The van der Waals surface area contributed by atoms with Gasteiger partial charge < -0.3 is 5.32 Å². The summed E-state index contributed by atoms with van der Waals surface area (Å²) in [5.74, 6) is -0.395. The minimum atomic E-state index is -4.53. The summed E-state index contributed by atoms with van der Waals surface area (Å²) < 4.78 is 44.2. The molecule has 4 aromatic rings. The summed E-state index contributed by atoms with van der Waals surface area (Å²) >= 11 is 0. The van der Waals surface area contributed by atoms with E-state index in [-0.39, 0.29) is 29.2 Å². The molecule has 1 aliphatic carbocycles. The van der Waals surface area contributed by atoms with E-state index in [4.69, 9.17) is 0 Å². The maximum absolute atomic E-state index is 13.7. The van der Waals surface area contributed by atoms with Crippen LogP contribution in [-0.4, -0.2) is 30.5 Å². The lowest BCUT2D eigenvalue weighted by Crippen LogP contribution is -2.20. The van der Waals surface area contributed by atoms with E-state index in [0.29, 0.717) is 17.9 Å². The zero-order valence-electron chi connectivity index (χ0n) is 18.7. The second-order valence-corrected chi connectivity index (χ2v) is 8.77. The molecule has 1 fully saturated rings. The molecule has 1 N–H and O–H groups in total. The van der Waals surface area contributed by atoms with Crippen LogP contribution < -0.4 is 5.32 Å². The molecule has 0 saturated heterocycles. The van der Waals surface area contributed by atoms with Crippen LogP contribution in [0, 0.1) is 13.8 Å². The van der Waals surface area contributed by atoms with Crippen molar-refractivity contribution in [2.24, 2.45) is 0 Å². The lowest BCUT2D eigenvalue weighted by Gasteiger charge is -2.11. The SMILES string of the molecule is Cc1ccc(Cn2cc(NC(=O)Cn3nc(C)c4c(C(F)(F)F)cc(C5CC5)nc43)cn2)cc1. The number of hydrogen-bond donors (Lipinski definition) is 1. The summed E-state index contributed by atoms with van der Waals surface area (Å²) in [5, 5.41) is 11.2. The number of benzene rings is 1. The maximum atomic E-state index is 13.7. The van der Waals surface area contributed by atoms with Crippen LogP contribution in [-0.2, 0) is 24.1 Å². The van der Waals surface area contributed by atoms with Gasteiger partial charge in [-0.25, -0.2) is 9.67 Å². The zero-order valence-corrected chi connectivity index (χ0v) is 18.7. The van der Waals surface area contributed by atoms with Crippen LogP contribution in [0.3, 0.4) is 0 Å². The van der Waals surface area contributed by atoms with Crippen molar-refractivity contribution in [1.82, 2.24) is 24.5 Å². The molecule has 3 aromatic heterocycles. The van der Waals surface area contributed by atoms with Crippen molar-refractivity contribution in [2.45, 2.75) is 51.9 Å². The number of nitrogens with zero attached hydrogens (tertiary/aromatic N) is 5. The second-order valence-electron chi connectivity index (χ2n) is 8.77. The van der Waals surface area contributed by atoms with Crippen LogP contribution in [0.15, 0.2) is 42.7 Å². The fourth-order valence-electron chi connectivity index (χ4n) is 4.03. The van der Waals surface area contributed by atoms with Crippen LogP contribution in [0.4, 0.5) is 18.9 Å². The maximum Gasteiger partial charge on any atom is 0.417 e. The van der Waals surface area contributed by atoms with Gasteiger partial charge in [-0.1, -0.05) is 29.8 Å². The molecule has 1 aliphatic rings. The molecule has 34 heavy (non-hydrogen) atoms. The van der Waals surface area contributed by atoms with Crippen molar-refractivity contribution in [1.29, 1.82) is 0 Å². The first-order valence-electron chi connectivity index (χ1n) is 11.0. The first-order valence-corrected chi connectivity index (χ1v) is 11.0. The average Bonchev–Trinajstić information content (AvgIpc) is 3.47. The number of halogens is 3. The summed E-state index contributed by atoms with van der Waals surface area (Å²) in [5.41, 5.74) is 2.66. The van der Waals surface area contributed by atoms with Crippen LogP contribution in [0.5, 0.6) is 0 Å². The van der Waals surface area contributed by atoms with Gasteiger partial charge in [-0.2, -0.15) is 23.4 Å². The minimum absolute atomic E-state index is 0.0300. The molecule has 0 spiro atoms. The van der Waals surface area contributed by atoms with E-state index >= 15 is 0 Å². The van der Waals surface area contributed by atoms with Crippen molar-refractivity contribution in [3.8, 4) is 0 Å². The molecule has 0 aliphatic heterocycles. The molecule has 1 saturated carbocycles. The van der Waals surface area contributed by atoms with E-state index in [1.807, 2.05) is 31.2 Å². The number of alkyl halides is 3. The Morgan fingerprint density at radius 3 is 2.59 bits per heavy atom. The van der Waals surface area contributed by atoms with E-state index in [1.54, 1.807) is 10.9 Å². The minimum Gasteiger partial charge on any atom is -0.322 e. The quantitative estimate of drug-likeness (QED) is 0.440.